The number of primary amides is 1. The number of aliphatic hydroxyl groups excluding tert-OH is 2. The number of halogens is 1. The number of amides is 1. The normalized spacial score (nSPS) is 29.5. The van der Waals surface area contributed by atoms with Gasteiger partial charge in [0, 0.05) is 29.1 Å². The fourth-order valence-corrected chi connectivity index (χ4v) is 7.11. The van der Waals surface area contributed by atoms with E-state index in [-0.39, 0.29) is 29.7 Å². The molecule has 210 valence electrons. The van der Waals surface area contributed by atoms with E-state index in [9.17, 15) is 34.8 Å². The highest BCUT2D eigenvalue weighted by atomic mass is 35.5. The quantitative estimate of drug-likeness (QED) is 0.328. The van der Waals surface area contributed by atoms with Crippen molar-refractivity contribution in [2.75, 3.05) is 21.1 Å². The van der Waals surface area contributed by atoms with Crippen LogP contribution in [0.4, 0.5) is 0 Å². The number of rotatable bonds is 6. The third-order valence-electron chi connectivity index (χ3n) is 9.15. The molecule has 0 unspecified atom stereocenters. The summed E-state index contributed by atoms with van der Waals surface area (Å²) >= 11 is 6.84. The molecule has 0 aliphatic heterocycles. The summed E-state index contributed by atoms with van der Waals surface area (Å²) in [6, 6.07) is 0.747. The number of aliphatic hydroxyl groups is 3. The average molecular weight is 560 g/mol. The van der Waals surface area contributed by atoms with E-state index in [4.69, 9.17) is 17.3 Å². The topological polar surface area (TPSA) is 165 Å². The number of nitrogens with zero attached hydrogens (tertiary/aromatic N) is 2. The van der Waals surface area contributed by atoms with Crippen LogP contribution in [0.3, 0.4) is 0 Å². The molecule has 6 N–H and O–H groups in total. The number of hydrogen-bond acceptors (Lipinski definition) is 9. The highest BCUT2D eigenvalue weighted by Crippen LogP contribution is 2.53. The van der Waals surface area contributed by atoms with Crippen molar-refractivity contribution < 1.29 is 34.8 Å². The van der Waals surface area contributed by atoms with Gasteiger partial charge < -0.3 is 26.2 Å². The standard InChI is InChI=1S/C28H34ClN3O7/c1-11(12-5-6-12)32(4)10-14-9-17(33)19-15(21(14)29)7-13-8-16-22(31(2)3)24(35)20(27(30)38)26(37)28(16,39)25(36)18(13)23(19)34/h9,11-13,16,22,33,35-36,39H,5-8,10H2,1-4H3,(H2,30,38)/t11-,13+,16+,22+,28+/m1/s1. The number of benzene rings is 1. The lowest BCUT2D eigenvalue weighted by atomic mass is 9.58. The van der Waals surface area contributed by atoms with E-state index in [2.05, 4.69) is 11.8 Å². The zero-order valence-corrected chi connectivity index (χ0v) is 23.1. The Hall–Kier alpha value is -2.92. The maximum atomic E-state index is 13.8. The minimum absolute atomic E-state index is 0.0195. The third-order valence-corrected chi connectivity index (χ3v) is 9.62. The first-order valence-electron chi connectivity index (χ1n) is 13.1. The maximum Gasteiger partial charge on any atom is 0.255 e. The van der Waals surface area contributed by atoms with Crippen molar-refractivity contribution in [2.24, 2.45) is 23.5 Å². The molecule has 1 fully saturated rings. The first-order valence-corrected chi connectivity index (χ1v) is 13.5. The number of allylic oxidation sites excluding steroid dienone is 1. The summed E-state index contributed by atoms with van der Waals surface area (Å²) in [5, 5.41) is 45.2. The summed E-state index contributed by atoms with van der Waals surface area (Å²) < 4.78 is 0. The number of Topliss-reactive ketones (excluding diaryl/α,β-unsaturated/α-hetero) is 2. The van der Waals surface area contributed by atoms with Gasteiger partial charge in [0.25, 0.3) is 5.91 Å². The van der Waals surface area contributed by atoms with Crippen LogP contribution >= 0.6 is 11.6 Å². The van der Waals surface area contributed by atoms with Crippen molar-refractivity contribution >= 4 is 29.1 Å². The summed E-state index contributed by atoms with van der Waals surface area (Å²) in [5.41, 5.74) is 2.70. The Morgan fingerprint density at radius 3 is 2.41 bits per heavy atom. The van der Waals surface area contributed by atoms with Crippen LogP contribution in [0.15, 0.2) is 28.7 Å². The Kier molecular flexibility index (Phi) is 6.61. The van der Waals surface area contributed by atoms with Crippen molar-refractivity contribution in [1.29, 1.82) is 0 Å². The Labute approximate surface area is 231 Å². The molecule has 39 heavy (non-hydrogen) atoms. The van der Waals surface area contributed by atoms with Gasteiger partial charge in [0.15, 0.2) is 11.4 Å². The monoisotopic (exact) mass is 559 g/mol. The van der Waals surface area contributed by atoms with Crippen LogP contribution < -0.4 is 5.73 Å². The maximum absolute atomic E-state index is 13.8. The molecule has 0 bridgehead atoms. The number of carbonyl (C=O) groups is 3. The number of aromatic hydroxyl groups is 1. The van der Waals surface area contributed by atoms with Crippen LogP contribution in [-0.2, 0) is 22.6 Å². The van der Waals surface area contributed by atoms with Crippen molar-refractivity contribution in [2.45, 2.75) is 56.8 Å². The minimum Gasteiger partial charge on any atom is -0.510 e. The molecule has 1 aromatic carbocycles. The number of nitrogens with two attached hydrogens (primary N) is 1. The van der Waals surface area contributed by atoms with Gasteiger partial charge in [-0.05, 0) is 82.8 Å². The predicted molar refractivity (Wildman–Crippen MR) is 142 cm³/mol. The van der Waals surface area contributed by atoms with Crippen molar-refractivity contribution in [3.63, 3.8) is 0 Å². The number of hydrogen-bond donors (Lipinski definition) is 5. The summed E-state index contributed by atoms with van der Waals surface area (Å²) in [5.74, 6) is -6.16. The Morgan fingerprint density at radius 1 is 1.21 bits per heavy atom. The van der Waals surface area contributed by atoms with E-state index in [1.54, 1.807) is 14.1 Å². The van der Waals surface area contributed by atoms with Gasteiger partial charge in [-0.25, -0.2) is 0 Å². The van der Waals surface area contributed by atoms with Crippen LogP contribution in [0.5, 0.6) is 5.75 Å². The molecule has 1 aromatic rings. The van der Waals surface area contributed by atoms with E-state index >= 15 is 0 Å². The number of ketones is 2. The van der Waals surface area contributed by atoms with Gasteiger partial charge in [-0.2, -0.15) is 0 Å². The van der Waals surface area contributed by atoms with Crippen molar-refractivity contribution in [1.82, 2.24) is 9.80 Å². The highest BCUT2D eigenvalue weighted by Gasteiger charge is 2.63. The number of likely N-dealkylation sites (N-methyl/N-ethyl adjacent to an activating group) is 1. The van der Waals surface area contributed by atoms with Crippen molar-refractivity contribution in [3.8, 4) is 5.75 Å². The summed E-state index contributed by atoms with van der Waals surface area (Å²) in [4.78, 5) is 42.9. The van der Waals surface area contributed by atoms with E-state index in [1.807, 2.05) is 7.05 Å². The Bertz CT molecular complexity index is 1370. The van der Waals surface area contributed by atoms with Gasteiger partial charge in [-0.15, -0.1) is 0 Å². The molecule has 10 nitrogen and oxygen atoms in total. The van der Waals surface area contributed by atoms with Gasteiger partial charge in [-0.1, -0.05) is 11.6 Å². The van der Waals surface area contributed by atoms with Gasteiger partial charge in [0.2, 0.25) is 5.78 Å². The molecule has 1 saturated carbocycles. The fraction of sp³-hybridized carbons (Fsp3) is 0.536. The molecule has 0 heterocycles. The van der Waals surface area contributed by atoms with Crippen molar-refractivity contribution in [3.05, 3.63) is 50.4 Å². The fourth-order valence-electron chi connectivity index (χ4n) is 6.82. The summed E-state index contributed by atoms with van der Waals surface area (Å²) in [7, 11) is 5.17. The molecule has 4 aliphatic rings. The number of carbonyl (C=O) groups excluding carboxylic acids is 3. The molecule has 1 amide bonds. The lowest BCUT2D eigenvalue weighted by Crippen LogP contribution is -2.63. The smallest absolute Gasteiger partial charge is 0.255 e. The van der Waals surface area contributed by atoms with E-state index in [1.165, 1.54) is 23.8 Å². The molecule has 4 aliphatic carbocycles. The first kappa shape index (κ1) is 27.6. The average Bonchev–Trinajstić information content (AvgIpc) is 3.69. The predicted octanol–water partition coefficient (Wildman–Crippen LogP) is 2.00. The molecule has 0 aromatic heterocycles. The zero-order valence-electron chi connectivity index (χ0n) is 22.4. The summed E-state index contributed by atoms with van der Waals surface area (Å²) in [6.07, 6.45) is 2.54. The van der Waals surface area contributed by atoms with Gasteiger partial charge in [0.05, 0.1) is 11.6 Å². The van der Waals surface area contributed by atoms with E-state index in [0.29, 0.717) is 34.7 Å². The molecule has 0 radical (unpaired) electrons. The SMILES string of the molecule is C[C@H](C1CC1)N(C)Cc1cc(O)c2c(c1Cl)C[C@H]1C[C@H]3[C@H](N(C)C)C(O)=C(C(N)=O)C(=O)[C@@]3(O)C(O)=C1C2=O. The molecule has 5 atom stereocenters. The second-order valence-corrected chi connectivity index (χ2v) is 12.1. The van der Waals surface area contributed by atoms with Gasteiger partial charge >= 0.3 is 0 Å². The second kappa shape index (κ2) is 9.33. The summed E-state index contributed by atoms with van der Waals surface area (Å²) in [6.45, 7) is 2.62. The Balaban J connectivity index is 1.61. The zero-order chi connectivity index (χ0) is 28.7. The molecule has 0 saturated heterocycles. The van der Waals surface area contributed by atoms with Gasteiger partial charge in [0.1, 0.15) is 22.8 Å². The highest BCUT2D eigenvalue weighted by molar-refractivity contribution is 6.33. The van der Waals surface area contributed by atoms with E-state index in [0.717, 1.165) is 0 Å². The number of fused-ring (bicyclic) bond motifs is 3. The Morgan fingerprint density at radius 2 is 1.85 bits per heavy atom. The third kappa shape index (κ3) is 3.99. The van der Waals surface area contributed by atoms with Crippen LogP contribution in [0.1, 0.15) is 47.7 Å². The molecule has 0 spiro atoms. The van der Waals surface area contributed by atoms with Crippen LogP contribution in [0, 0.1) is 17.8 Å². The number of phenolic OH excluding ortho intramolecular Hbond substituents is 1. The first-order chi connectivity index (χ1) is 18.2. The molecule has 5 rings (SSSR count). The van der Waals surface area contributed by atoms with Crippen LogP contribution in [0.2, 0.25) is 5.02 Å². The van der Waals surface area contributed by atoms with Crippen LogP contribution in [0.25, 0.3) is 0 Å². The second-order valence-electron chi connectivity index (χ2n) is 11.7. The number of phenols is 1. The lowest BCUT2D eigenvalue weighted by Gasteiger charge is -2.50. The lowest BCUT2D eigenvalue weighted by molar-refractivity contribution is -0.148. The van der Waals surface area contributed by atoms with Gasteiger partial charge in [-0.3, -0.25) is 24.2 Å². The van der Waals surface area contributed by atoms with E-state index < -0.39 is 58.0 Å². The minimum atomic E-state index is -2.66. The molecule has 11 heteroatoms. The van der Waals surface area contributed by atoms with Crippen LogP contribution in [-0.4, -0.2) is 86.5 Å². The molecular formula is C28H34ClN3O7. The molecular weight excluding hydrogens is 526 g/mol. The largest absolute Gasteiger partial charge is 0.510 e.